The van der Waals surface area contributed by atoms with Crippen LogP contribution >= 0.6 is 0 Å². The number of methoxy groups -OCH3 is 1. The molecule has 18 heavy (non-hydrogen) atoms. The Bertz CT molecular complexity index is 409. The number of hydrogen-bond acceptors (Lipinski definition) is 3. The molecule has 2 rings (SSSR count). The third-order valence-electron chi connectivity index (χ3n) is 3.42. The maximum Gasteiger partial charge on any atom is 0.0674 e. The Kier molecular flexibility index (Phi) is 4.39. The summed E-state index contributed by atoms with van der Waals surface area (Å²) in [7, 11) is 1.75. The van der Waals surface area contributed by atoms with Crippen molar-refractivity contribution >= 4 is 5.69 Å². The first-order chi connectivity index (χ1) is 8.70. The van der Waals surface area contributed by atoms with E-state index in [4.69, 9.17) is 10.5 Å². The molecule has 1 aliphatic heterocycles. The standard InChI is InChI=1S/C15H22N2O/c1-12(16)14-3-5-15(6-4-14)17-9-7-13(8-10-17)11-18-2/h3-7,12H,8-11,16H2,1-2H3/t12-/m0/s1. The van der Waals surface area contributed by atoms with E-state index in [-0.39, 0.29) is 6.04 Å². The van der Waals surface area contributed by atoms with Gasteiger partial charge in [0.2, 0.25) is 0 Å². The molecule has 2 N–H and O–H groups in total. The van der Waals surface area contributed by atoms with Crippen LogP contribution in [0.15, 0.2) is 35.9 Å². The van der Waals surface area contributed by atoms with Gasteiger partial charge in [-0.1, -0.05) is 18.2 Å². The van der Waals surface area contributed by atoms with Gasteiger partial charge in [-0.25, -0.2) is 0 Å². The van der Waals surface area contributed by atoms with Crippen LogP contribution in [0.25, 0.3) is 0 Å². The number of hydrogen-bond donors (Lipinski definition) is 1. The van der Waals surface area contributed by atoms with Gasteiger partial charge in [-0.05, 0) is 36.6 Å². The van der Waals surface area contributed by atoms with Crippen molar-refractivity contribution in [2.45, 2.75) is 19.4 Å². The zero-order chi connectivity index (χ0) is 13.0. The van der Waals surface area contributed by atoms with E-state index in [1.54, 1.807) is 7.11 Å². The fourth-order valence-electron chi connectivity index (χ4n) is 2.25. The Hall–Kier alpha value is -1.32. The summed E-state index contributed by atoms with van der Waals surface area (Å²) >= 11 is 0. The molecule has 1 heterocycles. The minimum Gasteiger partial charge on any atom is -0.380 e. The number of rotatable bonds is 4. The lowest BCUT2D eigenvalue weighted by molar-refractivity contribution is 0.222. The van der Waals surface area contributed by atoms with Crippen molar-refractivity contribution in [2.75, 3.05) is 31.7 Å². The molecule has 0 unspecified atom stereocenters. The number of anilines is 1. The summed E-state index contributed by atoms with van der Waals surface area (Å²) in [5.74, 6) is 0. The monoisotopic (exact) mass is 246 g/mol. The predicted molar refractivity (Wildman–Crippen MR) is 75.8 cm³/mol. The summed E-state index contributed by atoms with van der Waals surface area (Å²) in [6, 6.07) is 8.67. The molecule has 0 spiro atoms. The highest BCUT2D eigenvalue weighted by Gasteiger charge is 2.12. The van der Waals surface area contributed by atoms with E-state index in [0.29, 0.717) is 0 Å². The molecule has 0 saturated carbocycles. The number of nitrogens with two attached hydrogens (primary N) is 1. The smallest absolute Gasteiger partial charge is 0.0674 e. The third kappa shape index (κ3) is 3.12. The van der Waals surface area contributed by atoms with Crippen molar-refractivity contribution < 1.29 is 4.74 Å². The molecule has 0 radical (unpaired) electrons. The molecule has 1 aliphatic rings. The number of benzene rings is 1. The highest BCUT2D eigenvalue weighted by molar-refractivity contribution is 5.49. The second-order valence-electron chi connectivity index (χ2n) is 4.87. The molecule has 3 heteroatoms. The van der Waals surface area contributed by atoms with Crippen LogP contribution in [0.3, 0.4) is 0 Å². The molecule has 1 aromatic carbocycles. The first-order valence-electron chi connectivity index (χ1n) is 6.48. The Morgan fingerprint density at radius 2 is 2.06 bits per heavy atom. The molecule has 0 bridgehead atoms. The van der Waals surface area contributed by atoms with Gasteiger partial charge >= 0.3 is 0 Å². The third-order valence-corrected chi connectivity index (χ3v) is 3.42. The predicted octanol–water partition coefficient (Wildman–Crippen LogP) is 2.49. The second kappa shape index (κ2) is 6.03. The Labute approximate surface area is 109 Å². The lowest BCUT2D eigenvalue weighted by atomic mass is 10.1. The molecule has 0 fully saturated rings. The highest BCUT2D eigenvalue weighted by atomic mass is 16.5. The first kappa shape index (κ1) is 13.1. The topological polar surface area (TPSA) is 38.5 Å². The number of nitrogens with zero attached hydrogens (tertiary/aromatic N) is 1. The molecular formula is C15H22N2O. The van der Waals surface area contributed by atoms with E-state index >= 15 is 0 Å². The Morgan fingerprint density at radius 1 is 1.33 bits per heavy atom. The van der Waals surface area contributed by atoms with Crippen LogP contribution in [0, 0.1) is 0 Å². The van der Waals surface area contributed by atoms with Crippen LogP contribution in [-0.4, -0.2) is 26.8 Å². The van der Waals surface area contributed by atoms with Gasteiger partial charge in [-0.3, -0.25) is 0 Å². The molecule has 3 nitrogen and oxygen atoms in total. The fraction of sp³-hybridized carbons (Fsp3) is 0.467. The minimum atomic E-state index is 0.105. The summed E-state index contributed by atoms with van der Waals surface area (Å²) in [6.45, 7) is 4.80. The SMILES string of the molecule is COCC1=CCN(c2ccc([C@H](C)N)cc2)CC1. The van der Waals surface area contributed by atoms with Crippen molar-refractivity contribution in [3.63, 3.8) is 0 Å². The second-order valence-corrected chi connectivity index (χ2v) is 4.87. The summed E-state index contributed by atoms with van der Waals surface area (Å²) < 4.78 is 5.16. The van der Waals surface area contributed by atoms with Crippen LogP contribution in [0.5, 0.6) is 0 Å². The van der Waals surface area contributed by atoms with Crippen molar-refractivity contribution in [2.24, 2.45) is 5.73 Å². The molecule has 0 aliphatic carbocycles. The maximum absolute atomic E-state index is 5.86. The summed E-state index contributed by atoms with van der Waals surface area (Å²) in [5.41, 5.74) is 9.72. The molecule has 1 aromatic rings. The summed E-state index contributed by atoms with van der Waals surface area (Å²) in [4.78, 5) is 2.38. The first-order valence-corrected chi connectivity index (χ1v) is 6.48. The maximum atomic E-state index is 5.86. The van der Waals surface area contributed by atoms with Crippen molar-refractivity contribution in [1.82, 2.24) is 0 Å². The van der Waals surface area contributed by atoms with Gasteiger partial charge in [0.15, 0.2) is 0 Å². The molecule has 0 aromatic heterocycles. The van der Waals surface area contributed by atoms with E-state index in [1.807, 2.05) is 6.92 Å². The summed E-state index contributed by atoms with van der Waals surface area (Å²) in [5, 5.41) is 0. The van der Waals surface area contributed by atoms with Crippen molar-refractivity contribution in [1.29, 1.82) is 0 Å². The van der Waals surface area contributed by atoms with Gasteiger partial charge in [0.25, 0.3) is 0 Å². The van der Waals surface area contributed by atoms with Gasteiger partial charge in [-0.15, -0.1) is 0 Å². The fourth-order valence-corrected chi connectivity index (χ4v) is 2.25. The normalized spacial score (nSPS) is 17.5. The van der Waals surface area contributed by atoms with E-state index in [1.165, 1.54) is 16.8 Å². The molecular weight excluding hydrogens is 224 g/mol. The van der Waals surface area contributed by atoms with Crippen LogP contribution < -0.4 is 10.6 Å². The van der Waals surface area contributed by atoms with E-state index in [2.05, 4.69) is 35.2 Å². The zero-order valence-electron chi connectivity index (χ0n) is 11.2. The van der Waals surface area contributed by atoms with E-state index in [0.717, 1.165) is 26.1 Å². The molecule has 0 saturated heterocycles. The lowest BCUT2D eigenvalue weighted by Crippen LogP contribution is -2.29. The Morgan fingerprint density at radius 3 is 2.56 bits per heavy atom. The molecule has 1 atom stereocenters. The Balaban J connectivity index is 2.01. The average Bonchev–Trinajstić information content (AvgIpc) is 2.40. The average molecular weight is 246 g/mol. The quantitative estimate of drug-likeness (QED) is 0.830. The molecule has 98 valence electrons. The van der Waals surface area contributed by atoms with Crippen LogP contribution in [0.1, 0.15) is 24.9 Å². The van der Waals surface area contributed by atoms with E-state index < -0.39 is 0 Å². The van der Waals surface area contributed by atoms with Gasteiger partial charge in [-0.2, -0.15) is 0 Å². The van der Waals surface area contributed by atoms with Crippen molar-refractivity contribution in [3.8, 4) is 0 Å². The van der Waals surface area contributed by atoms with Crippen LogP contribution in [-0.2, 0) is 4.74 Å². The van der Waals surface area contributed by atoms with Gasteiger partial charge in [0.05, 0.1) is 6.61 Å². The van der Waals surface area contributed by atoms with Crippen molar-refractivity contribution in [3.05, 3.63) is 41.5 Å². The zero-order valence-corrected chi connectivity index (χ0v) is 11.2. The largest absolute Gasteiger partial charge is 0.380 e. The van der Waals surface area contributed by atoms with Crippen LogP contribution in [0.4, 0.5) is 5.69 Å². The van der Waals surface area contributed by atoms with Gasteiger partial charge < -0.3 is 15.4 Å². The lowest BCUT2D eigenvalue weighted by Gasteiger charge is -2.28. The molecule has 0 amide bonds. The van der Waals surface area contributed by atoms with Gasteiger partial charge in [0.1, 0.15) is 0 Å². The van der Waals surface area contributed by atoms with Crippen LogP contribution in [0.2, 0.25) is 0 Å². The van der Waals surface area contributed by atoms with E-state index in [9.17, 15) is 0 Å². The highest BCUT2D eigenvalue weighted by Crippen LogP contribution is 2.21. The summed E-state index contributed by atoms with van der Waals surface area (Å²) in [6.07, 6.45) is 3.36. The number of ether oxygens (including phenoxy) is 1. The van der Waals surface area contributed by atoms with Gasteiger partial charge in [0, 0.05) is 31.9 Å². The minimum absolute atomic E-state index is 0.105.